The molecule has 3 rings (SSSR count). The molecule has 12 heteroatoms. The average Bonchev–Trinajstić information content (AvgIpc) is 3.06. The van der Waals surface area contributed by atoms with Gasteiger partial charge in [-0.15, -0.1) is 11.8 Å². The summed E-state index contributed by atoms with van der Waals surface area (Å²) in [6.45, 7) is 1.68. The third-order valence-electron chi connectivity index (χ3n) is 5.52. The van der Waals surface area contributed by atoms with Crippen LogP contribution in [0.5, 0.6) is 17.2 Å². The molecule has 0 saturated heterocycles. The van der Waals surface area contributed by atoms with Crippen LogP contribution in [0.25, 0.3) is 11.1 Å². The lowest BCUT2D eigenvalue weighted by molar-refractivity contribution is -0.174. The number of carbonyl (C=O) groups excluding carboxylic acids is 2. The van der Waals surface area contributed by atoms with Crippen molar-refractivity contribution < 1.29 is 41.7 Å². The van der Waals surface area contributed by atoms with Crippen LogP contribution < -0.4 is 25.0 Å². The Morgan fingerprint density at radius 3 is 2.42 bits per heavy atom. The van der Waals surface area contributed by atoms with Gasteiger partial charge in [0.25, 0.3) is 0 Å². The van der Waals surface area contributed by atoms with E-state index in [9.17, 15) is 27.6 Å². The van der Waals surface area contributed by atoms with Crippen molar-refractivity contribution in [2.45, 2.75) is 36.9 Å². The zero-order chi connectivity index (χ0) is 26.6. The maximum absolute atomic E-state index is 13.1. The van der Waals surface area contributed by atoms with Gasteiger partial charge < -0.3 is 24.3 Å². The normalized spacial score (nSPS) is 14.6. The Balaban J connectivity index is 2.31. The number of alkyl halides is 3. The summed E-state index contributed by atoms with van der Waals surface area (Å²) in [6.07, 6.45) is -4.22. The molecule has 0 saturated carbocycles. The lowest BCUT2D eigenvalue weighted by atomic mass is 9.95. The third kappa shape index (κ3) is 5.53. The molecule has 0 unspecified atom stereocenters. The Labute approximate surface area is 209 Å². The number of ether oxygens (including phenoxy) is 4. The lowest BCUT2D eigenvalue weighted by Crippen LogP contribution is -2.39. The standard InChI is InChI=1S/C24H24F3NO7S/c1-5-34-23(31)35-17-10-12-6-8-15(28-22(30)24(25,26)27)14-11-16(29)18(36-4)9-7-13(14)19(12)21(33-3)20(17)32-2/h7,9-11,15H,5-6,8H2,1-4H3,(H,28,30)/t15-/m0/s1. The van der Waals surface area contributed by atoms with Crippen molar-refractivity contribution in [1.82, 2.24) is 5.32 Å². The van der Waals surface area contributed by atoms with Crippen molar-refractivity contribution in [2.24, 2.45) is 0 Å². The molecule has 0 aliphatic heterocycles. The molecule has 0 aromatic heterocycles. The van der Waals surface area contributed by atoms with Crippen LogP contribution in [0.3, 0.4) is 0 Å². The van der Waals surface area contributed by atoms with Crippen LogP contribution in [0, 0.1) is 0 Å². The number of thioether (sulfide) groups is 1. The number of amides is 1. The smallest absolute Gasteiger partial charge is 0.492 e. The molecular weight excluding hydrogens is 503 g/mol. The zero-order valence-corrected chi connectivity index (χ0v) is 20.7. The van der Waals surface area contributed by atoms with Gasteiger partial charge in [0.15, 0.2) is 16.9 Å². The van der Waals surface area contributed by atoms with Crippen LogP contribution in [0.1, 0.15) is 30.5 Å². The predicted octanol–water partition coefficient (Wildman–Crippen LogP) is 4.65. The van der Waals surface area contributed by atoms with Gasteiger partial charge in [-0.05, 0) is 60.9 Å². The molecule has 0 radical (unpaired) electrons. The fourth-order valence-electron chi connectivity index (χ4n) is 4.02. The number of carbonyl (C=O) groups is 2. The number of benzene rings is 1. The van der Waals surface area contributed by atoms with E-state index in [2.05, 4.69) is 0 Å². The first-order chi connectivity index (χ1) is 17.0. The predicted molar refractivity (Wildman–Crippen MR) is 126 cm³/mol. The first-order valence-electron chi connectivity index (χ1n) is 10.8. The quantitative estimate of drug-likeness (QED) is 0.329. The summed E-state index contributed by atoms with van der Waals surface area (Å²) in [5, 5.41) is 2.01. The molecule has 0 fully saturated rings. The van der Waals surface area contributed by atoms with Gasteiger partial charge in [-0.1, -0.05) is 6.07 Å². The van der Waals surface area contributed by atoms with E-state index >= 15 is 0 Å². The summed E-state index contributed by atoms with van der Waals surface area (Å²) in [4.78, 5) is 37.0. The number of methoxy groups -OCH3 is 2. The molecule has 0 heterocycles. The van der Waals surface area contributed by atoms with Crippen LogP contribution in [-0.2, 0) is 16.0 Å². The second-order valence-electron chi connectivity index (χ2n) is 7.60. The van der Waals surface area contributed by atoms with E-state index < -0.39 is 29.7 Å². The van der Waals surface area contributed by atoms with E-state index in [0.717, 1.165) is 0 Å². The monoisotopic (exact) mass is 527 g/mol. The van der Waals surface area contributed by atoms with E-state index in [4.69, 9.17) is 18.9 Å². The van der Waals surface area contributed by atoms with Gasteiger partial charge >= 0.3 is 18.2 Å². The minimum atomic E-state index is -5.11. The van der Waals surface area contributed by atoms with E-state index in [1.807, 2.05) is 5.32 Å². The highest BCUT2D eigenvalue weighted by molar-refractivity contribution is 7.98. The number of hydrogen-bond donors (Lipinski definition) is 1. The average molecular weight is 528 g/mol. The maximum Gasteiger partial charge on any atom is 0.513 e. The highest BCUT2D eigenvalue weighted by Crippen LogP contribution is 2.50. The number of rotatable bonds is 6. The Morgan fingerprint density at radius 1 is 1.14 bits per heavy atom. The highest BCUT2D eigenvalue weighted by Gasteiger charge is 2.41. The second-order valence-corrected chi connectivity index (χ2v) is 8.45. The van der Waals surface area contributed by atoms with Crippen LogP contribution >= 0.6 is 11.8 Å². The SMILES string of the molecule is CCOC(=O)Oc1cc2c(c(OC)c1OC)-c1ccc(SC)c(=O)cc1[C@@H](NC(=O)C(F)(F)F)CC2. The zero-order valence-electron chi connectivity index (χ0n) is 19.9. The van der Waals surface area contributed by atoms with Gasteiger partial charge in [0.1, 0.15) is 0 Å². The summed E-state index contributed by atoms with van der Waals surface area (Å²) in [6, 6.07) is 4.74. The first-order valence-corrected chi connectivity index (χ1v) is 12.0. The molecule has 194 valence electrons. The van der Waals surface area contributed by atoms with Gasteiger partial charge in [0.05, 0.1) is 31.8 Å². The molecule has 1 atom stereocenters. The Kier molecular flexibility index (Phi) is 8.39. The summed E-state index contributed by atoms with van der Waals surface area (Å²) in [7, 11) is 2.69. The number of halogens is 3. The van der Waals surface area contributed by atoms with Crippen LogP contribution in [0.15, 0.2) is 34.0 Å². The topological polar surface area (TPSA) is 100 Å². The maximum atomic E-state index is 13.1. The van der Waals surface area contributed by atoms with Crippen molar-refractivity contribution >= 4 is 23.8 Å². The van der Waals surface area contributed by atoms with E-state index in [0.29, 0.717) is 21.6 Å². The summed E-state index contributed by atoms with van der Waals surface area (Å²) < 4.78 is 60.5. The Morgan fingerprint density at radius 2 is 1.83 bits per heavy atom. The Bertz CT molecular complexity index is 1230. The van der Waals surface area contributed by atoms with Crippen LogP contribution in [0.4, 0.5) is 18.0 Å². The van der Waals surface area contributed by atoms with Gasteiger partial charge in [-0.2, -0.15) is 13.2 Å². The van der Waals surface area contributed by atoms with Crippen molar-refractivity contribution in [1.29, 1.82) is 0 Å². The van der Waals surface area contributed by atoms with Gasteiger partial charge in [-0.25, -0.2) is 4.79 Å². The summed E-state index contributed by atoms with van der Waals surface area (Å²) in [5.41, 5.74) is 1.13. The molecule has 2 aromatic carbocycles. The lowest BCUT2D eigenvalue weighted by Gasteiger charge is -2.20. The fourth-order valence-corrected chi connectivity index (χ4v) is 4.48. The number of nitrogens with one attached hydrogen (secondary N) is 1. The first kappa shape index (κ1) is 27.2. The number of hydrogen-bond acceptors (Lipinski definition) is 8. The molecule has 1 aliphatic rings. The highest BCUT2D eigenvalue weighted by atomic mass is 32.2. The molecule has 0 bridgehead atoms. The van der Waals surface area contributed by atoms with Crippen LogP contribution in [0.2, 0.25) is 0 Å². The number of aryl methyl sites for hydroxylation is 1. The van der Waals surface area contributed by atoms with E-state index in [-0.39, 0.29) is 42.3 Å². The molecule has 2 aromatic rings. The Hall–Kier alpha value is -3.41. The minimum Gasteiger partial charge on any atom is -0.492 e. The van der Waals surface area contributed by atoms with Gasteiger partial charge in [0.2, 0.25) is 5.75 Å². The van der Waals surface area contributed by atoms with Gasteiger partial charge in [0, 0.05) is 5.56 Å². The van der Waals surface area contributed by atoms with Crippen LogP contribution in [-0.4, -0.2) is 45.3 Å². The van der Waals surface area contributed by atoms with E-state index in [1.165, 1.54) is 38.1 Å². The largest absolute Gasteiger partial charge is 0.513 e. The molecular formula is C24H24F3NO7S. The molecule has 1 aliphatic carbocycles. The van der Waals surface area contributed by atoms with Crippen molar-refractivity contribution in [2.75, 3.05) is 27.1 Å². The summed E-state index contributed by atoms with van der Waals surface area (Å²) >= 11 is 1.18. The molecule has 36 heavy (non-hydrogen) atoms. The third-order valence-corrected chi connectivity index (χ3v) is 6.30. The fraction of sp³-hybridized carbons (Fsp3) is 0.375. The molecule has 8 nitrogen and oxygen atoms in total. The molecule has 0 spiro atoms. The van der Waals surface area contributed by atoms with E-state index in [1.54, 1.807) is 25.3 Å². The van der Waals surface area contributed by atoms with Crippen molar-refractivity contribution in [3.8, 4) is 28.4 Å². The molecule has 1 N–H and O–H groups in total. The molecule has 1 amide bonds. The second kappa shape index (κ2) is 11.1. The van der Waals surface area contributed by atoms with Crippen molar-refractivity contribution in [3.05, 3.63) is 45.6 Å². The number of fused-ring (bicyclic) bond motifs is 3. The summed E-state index contributed by atoms with van der Waals surface area (Å²) in [5.74, 6) is -1.94. The minimum absolute atomic E-state index is 0.0134. The van der Waals surface area contributed by atoms with Crippen molar-refractivity contribution in [3.63, 3.8) is 0 Å². The van der Waals surface area contributed by atoms with Gasteiger partial charge in [-0.3, -0.25) is 9.59 Å².